The Balaban J connectivity index is 2.36. The topological polar surface area (TPSA) is 34.9 Å². The maximum atomic E-state index is 13.4. The van der Waals surface area contributed by atoms with Gasteiger partial charge in [0.1, 0.15) is 5.69 Å². The van der Waals surface area contributed by atoms with Gasteiger partial charge >= 0.3 is 0 Å². The van der Waals surface area contributed by atoms with Gasteiger partial charge in [0.25, 0.3) is 0 Å². The van der Waals surface area contributed by atoms with Crippen LogP contribution in [-0.4, -0.2) is 15.6 Å². The molecule has 0 saturated heterocycles. The third kappa shape index (κ3) is 2.76. The van der Waals surface area contributed by atoms with E-state index in [4.69, 9.17) is 0 Å². The number of benzene rings is 1. The van der Waals surface area contributed by atoms with Gasteiger partial charge in [-0.3, -0.25) is 9.48 Å². The number of rotatable bonds is 4. The number of aryl methyl sites for hydroxylation is 1. The first-order valence-corrected chi connectivity index (χ1v) is 6.14. The Labute approximate surface area is 121 Å². The monoisotopic (exact) mass is 316 g/mol. The molecule has 8 heteroatoms. The molecule has 1 heterocycles. The van der Waals surface area contributed by atoms with Crippen molar-refractivity contribution in [3.63, 3.8) is 0 Å². The predicted molar refractivity (Wildman–Crippen MR) is 67.5 cm³/mol. The van der Waals surface area contributed by atoms with E-state index < -0.39 is 40.4 Å². The standard InChI is InChI=1S/C14H9F5N2O/c1-2-21-6-5-8(20-21)9(22)4-3-7-10(15)12(17)14(19)13(18)11(7)16/h3-6H,2H2,1H3/b4-3+. The lowest BCUT2D eigenvalue weighted by molar-refractivity contribution is 0.104. The first kappa shape index (κ1) is 15.9. The van der Waals surface area contributed by atoms with Crippen molar-refractivity contribution in [2.75, 3.05) is 0 Å². The Kier molecular flexibility index (Phi) is 4.39. The molecule has 0 fully saturated rings. The molecule has 116 valence electrons. The quantitative estimate of drug-likeness (QED) is 0.284. The molecule has 0 amide bonds. The normalized spacial score (nSPS) is 11.4. The van der Waals surface area contributed by atoms with Crippen LogP contribution in [0.5, 0.6) is 0 Å². The van der Waals surface area contributed by atoms with E-state index in [1.807, 2.05) is 0 Å². The number of aromatic nitrogens is 2. The van der Waals surface area contributed by atoms with Crippen LogP contribution in [0.25, 0.3) is 6.08 Å². The number of carbonyl (C=O) groups is 1. The van der Waals surface area contributed by atoms with Gasteiger partial charge in [0.05, 0.1) is 5.56 Å². The fourth-order valence-electron chi connectivity index (χ4n) is 1.68. The van der Waals surface area contributed by atoms with E-state index >= 15 is 0 Å². The smallest absolute Gasteiger partial charge is 0.206 e. The fourth-order valence-corrected chi connectivity index (χ4v) is 1.68. The summed E-state index contributed by atoms with van der Waals surface area (Å²) in [6.45, 7) is 2.29. The molecule has 2 aromatic rings. The van der Waals surface area contributed by atoms with Crippen LogP contribution in [0.2, 0.25) is 0 Å². The van der Waals surface area contributed by atoms with E-state index in [1.54, 1.807) is 6.92 Å². The zero-order valence-corrected chi connectivity index (χ0v) is 11.2. The third-order valence-electron chi connectivity index (χ3n) is 2.86. The SMILES string of the molecule is CCn1ccc(C(=O)/C=C/c2c(F)c(F)c(F)c(F)c2F)n1. The minimum absolute atomic E-state index is 0.0121. The van der Waals surface area contributed by atoms with Crippen molar-refractivity contribution in [3.8, 4) is 0 Å². The largest absolute Gasteiger partial charge is 0.287 e. The molecule has 0 unspecified atom stereocenters. The molecule has 0 radical (unpaired) electrons. The summed E-state index contributed by atoms with van der Waals surface area (Å²) in [7, 11) is 0. The van der Waals surface area contributed by atoms with Crippen LogP contribution >= 0.6 is 0 Å². The van der Waals surface area contributed by atoms with E-state index in [0.29, 0.717) is 18.7 Å². The first-order chi connectivity index (χ1) is 10.4. The Morgan fingerprint density at radius 3 is 2.14 bits per heavy atom. The summed E-state index contributed by atoms with van der Waals surface area (Å²) in [4.78, 5) is 11.7. The lowest BCUT2D eigenvalue weighted by atomic mass is 10.1. The second kappa shape index (κ2) is 6.08. The zero-order valence-electron chi connectivity index (χ0n) is 11.2. The molecule has 0 aliphatic heterocycles. The predicted octanol–water partition coefficient (Wildman–Crippen LogP) is 3.49. The number of allylic oxidation sites excluding steroid dienone is 1. The van der Waals surface area contributed by atoms with Gasteiger partial charge in [-0.25, -0.2) is 22.0 Å². The second-order valence-corrected chi connectivity index (χ2v) is 4.24. The minimum atomic E-state index is -2.25. The van der Waals surface area contributed by atoms with E-state index in [1.165, 1.54) is 16.9 Å². The van der Waals surface area contributed by atoms with Crippen molar-refractivity contribution in [2.45, 2.75) is 13.5 Å². The first-order valence-electron chi connectivity index (χ1n) is 6.14. The van der Waals surface area contributed by atoms with Crippen molar-refractivity contribution in [1.82, 2.24) is 9.78 Å². The summed E-state index contributed by atoms with van der Waals surface area (Å²) >= 11 is 0. The fraction of sp³-hybridized carbons (Fsp3) is 0.143. The van der Waals surface area contributed by atoms with Crippen LogP contribution in [0.15, 0.2) is 18.3 Å². The van der Waals surface area contributed by atoms with Crippen molar-refractivity contribution in [1.29, 1.82) is 0 Å². The van der Waals surface area contributed by atoms with E-state index in [-0.39, 0.29) is 5.69 Å². The summed E-state index contributed by atoms with van der Waals surface area (Å²) in [5, 5.41) is 3.86. The Hall–Kier alpha value is -2.51. The molecule has 0 atom stereocenters. The zero-order chi connectivity index (χ0) is 16.4. The lowest BCUT2D eigenvalue weighted by Gasteiger charge is -2.03. The minimum Gasteiger partial charge on any atom is -0.287 e. The van der Waals surface area contributed by atoms with Gasteiger partial charge in [-0.1, -0.05) is 0 Å². The maximum absolute atomic E-state index is 13.4. The van der Waals surface area contributed by atoms with Crippen LogP contribution in [0.3, 0.4) is 0 Å². The van der Waals surface area contributed by atoms with Gasteiger partial charge in [-0.15, -0.1) is 0 Å². The van der Waals surface area contributed by atoms with Gasteiger partial charge in [-0.05, 0) is 25.1 Å². The van der Waals surface area contributed by atoms with Crippen LogP contribution in [0.4, 0.5) is 22.0 Å². The molecule has 0 bridgehead atoms. The highest BCUT2D eigenvalue weighted by atomic mass is 19.2. The number of hydrogen-bond donors (Lipinski definition) is 0. The molecule has 0 saturated carbocycles. The highest BCUT2D eigenvalue weighted by Crippen LogP contribution is 2.24. The van der Waals surface area contributed by atoms with Gasteiger partial charge in [0, 0.05) is 12.7 Å². The number of carbonyl (C=O) groups excluding carboxylic acids is 1. The third-order valence-corrected chi connectivity index (χ3v) is 2.86. The van der Waals surface area contributed by atoms with Gasteiger partial charge in [-0.2, -0.15) is 5.10 Å². The number of halogens is 5. The summed E-state index contributed by atoms with van der Waals surface area (Å²) < 4.78 is 67.1. The number of ketones is 1. The Morgan fingerprint density at radius 2 is 1.64 bits per heavy atom. The summed E-state index contributed by atoms with van der Waals surface area (Å²) in [6, 6.07) is 1.37. The van der Waals surface area contributed by atoms with Crippen molar-refractivity contribution in [2.24, 2.45) is 0 Å². The molecule has 3 nitrogen and oxygen atoms in total. The van der Waals surface area contributed by atoms with E-state index in [9.17, 15) is 26.7 Å². The van der Waals surface area contributed by atoms with Crippen molar-refractivity contribution >= 4 is 11.9 Å². The van der Waals surface area contributed by atoms with E-state index in [0.717, 1.165) is 0 Å². The molecule has 0 N–H and O–H groups in total. The van der Waals surface area contributed by atoms with Gasteiger partial charge < -0.3 is 0 Å². The van der Waals surface area contributed by atoms with Crippen molar-refractivity contribution in [3.05, 3.63) is 58.7 Å². The summed E-state index contributed by atoms with van der Waals surface area (Å²) in [5.74, 6) is -11.1. The second-order valence-electron chi connectivity index (χ2n) is 4.24. The van der Waals surface area contributed by atoms with Crippen molar-refractivity contribution < 1.29 is 26.7 Å². The van der Waals surface area contributed by atoms with E-state index in [2.05, 4.69) is 5.10 Å². The van der Waals surface area contributed by atoms with Crippen LogP contribution in [0.1, 0.15) is 23.0 Å². The number of hydrogen-bond acceptors (Lipinski definition) is 2. The summed E-state index contributed by atoms with van der Waals surface area (Å²) in [6.07, 6.45) is 2.74. The molecular weight excluding hydrogens is 307 g/mol. The molecule has 0 aliphatic carbocycles. The van der Waals surface area contributed by atoms with Crippen LogP contribution < -0.4 is 0 Å². The lowest BCUT2D eigenvalue weighted by Crippen LogP contribution is -2.04. The van der Waals surface area contributed by atoms with Crippen LogP contribution in [0, 0.1) is 29.1 Å². The Morgan fingerprint density at radius 1 is 1.09 bits per heavy atom. The molecule has 2 rings (SSSR count). The van der Waals surface area contributed by atoms with Crippen LogP contribution in [-0.2, 0) is 6.54 Å². The number of nitrogens with zero attached hydrogens (tertiary/aromatic N) is 2. The van der Waals surface area contributed by atoms with Gasteiger partial charge in [0.15, 0.2) is 23.3 Å². The molecule has 0 aliphatic rings. The molecular formula is C14H9F5N2O. The highest BCUT2D eigenvalue weighted by Gasteiger charge is 2.24. The average molecular weight is 316 g/mol. The molecule has 0 spiro atoms. The Bertz CT molecular complexity index is 738. The average Bonchev–Trinajstić information content (AvgIpc) is 3.00. The highest BCUT2D eigenvalue weighted by molar-refractivity contribution is 6.05. The molecule has 22 heavy (non-hydrogen) atoms. The maximum Gasteiger partial charge on any atom is 0.206 e. The van der Waals surface area contributed by atoms with Gasteiger partial charge in [0.2, 0.25) is 11.6 Å². The molecule has 1 aromatic carbocycles. The molecule has 1 aromatic heterocycles. The summed E-state index contributed by atoms with van der Waals surface area (Å²) in [5.41, 5.74) is -1.19.